The summed E-state index contributed by atoms with van der Waals surface area (Å²) in [5, 5.41) is 5.22. The number of aromatic nitrogens is 2. The Morgan fingerprint density at radius 3 is 2.62 bits per heavy atom. The summed E-state index contributed by atoms with van der Waals surface area (Å²) in [7, 11) is -2.33. The number of anilines is 4. The first-order valence-electron chi connectivity index (χ1n) is 10.5. The second-order valence-corrected chi connectivity index (χ2v) is 11.4. The van der Waals surface area contributed by atoms with Crippen LogP contribution in [-0.2, 0) is 15.3 Å². The van der Waals surface area contributed by atoms with E-state index in [4.69, 9.17) is 22.1 Å². The maximum atomic E-state index is 16.3. The van der Waals surface area contributed by atoms with Gasteiger partial charge in [-0.05, 0) is 37.6 Å². The third-order valence-corrected chi connectivity index (χ3v) is 8.58. The molecule has 0 aliphatic carbocycles. The van der Waals surface area contributed by atoms with Crippen molar-refractivity contribution in [3.63, 3.8) is 0 Å². The van der Waals surface area contributed by atoms with E-state index in [0.717, 1.165) is 0 Å². The van der Waals surface area contributed by atoms with Crippen LogP contribution in [-0.4, -0.2) is 37.3 Å². The van der Waals surface area contributed by atoms with Gasteiger partial charge >= 0.3 is 0 Å². The zero-order valence-electron chi connectivity index (χ0n) is 19.1. The third kappa shape index (κ3) is 3.85. The molecule has 180 valence electrons. The van der Waals surface area contributed by atoms with Gasteiger partial charge in [-0.15, -0.1) is 0 Å². The van der Waals surface area contributed by atoms with Crippen LogP contribution in [0.5, 0.6) is 5.75 Å². The summed E-state index contributed by atoms with van der Waals surface area (Å²) in [6.45, 7) is 4.91. The molecule has 0 fully saturated rings. The number of hydrogen-bond donors (Lipinski definition) is 3. The SMILES string of the molecule is COc1ccc2cc1Nc1ncc(Cl)c(n1)Nc1c(S(=O)(=O)C(C)C)ccc(c1F)C2(C)CN. The average Bonchev–Trinajstić information content (AvgIpc) is 2.81. The second kappa shape index (κ2) is 8.68. The lowest BCUT2D eigenvalue weighted by atomic mass is 9.75. The Morgan fingerprint density at radius 2 is 1.97 bits per heavy atom. The van der Waals surface area contributed by atoms with Crippen molar-refractivity contribution in [1.29, 1.82) is 0 Å². The van der Waals surface area contributed by atoms with Crippen LogP contribution in [0, 0.1) is 5.82 Å². The molecule has 6 bridgehead atoms. The number of benzene rings is 2. The lowest BCUT2D eigenvalue weighted by Gasteiger charge is -2.32. The van der Waals surface area contributed by atoms with Crippen LogP contribution >= 0.6 is 11.6 Å². The van der Waals surface area contributed by atoms with Crippen molar-refractivity contribution in [2.75, 3.05) is 24.3 Å². The molecule has 0 saturated carbocycles. The molecule has 0 saturated heterocycles. The Morgan fingerprint density at radius 1 is 1.24 bits per heavy atom. The van der Waals surface area contributed by atoms with Gasteiger partial charge in [0.2, 0.25) is 5.95 Å². The van der Waals surface area contributed by atoms with E-state index in [2.05, 4.69) is 20.6 Å². The van der Waals surface area contributed by atoms with E-state index >= 15 is 4.39 Å². The number of nitrogens with two attached hydrogens (primary N) is 1. The van der Waals surface area contributed by atoms with Gasteiger partial charge in [0.25, 0.3) is 0 Å². The molecular weight excluding hydrogens is 481 g/mol. The minimum atomic E-state index is -3.86. The molecule has 3 aromatic rings. The largest absolute Gasteiger partial charge is 0.495 e. The molecule has 4 N–H and O–H groups in total. The first-order valence-corrected chi connectivity index (χ1v) is 12.5. The number of methoxy groups -OCH3 is 1. The van der Waals surface area contributed by atoms with Crippen molar-refractivity contribution in [3.8, 4) is 5.75 Å². The standard InChI is InChI=1S/C23H25ClFN5O3S/c1-12(2)34(31,32)18-8-6-14-19(25)20(18)29-21-15(24)10-27-22(30-21)28-16-9-13(23(14,3)11-26)5-7-17(16)33-4/h5-10,12H,11,26H2,1-4H3,(H2,27,28,29,30). The van der Waals surface area contributed by atoms with Crippen molar-refractivity contribution in [2.45, 2.75) is 36.3 Å². The van der Waals surface area contributed by atoms with Crippen LogP contribution < -0.4 is 21.1 Å². The van der Waals surface area contributed by atoms with E-state index in [-0.39, 0.29) is 39.5 Å². The summed E-state index contributed by atoms with van der Waals surface area (Å²) in [6, 6.07) is 8.19. The zero-order valence-corrected chi connectivity index (χ0v) is 20.7. The highest BCUT2D eigenvalue weighted by Gasteiger charge is 2.35. The van der Waals surface area contributed by atoms with Crippen molar-refractivity contribution in [2.24, 2.45) is 5.73 Å². The van der Waals surface area contributed by atoms with Crippen molar-refractivity contribution < 1.29 is 17.5 Å². The molecule has 1 unspecified atom stereocenters. The van der Waals surface area contributed by atoms with Gasteiger partial charge in [0.05, 0.1) is 34.8 Å². The average molecular weight is 506 g/mol. The van der Waals surface area contributed by atoms with Gasteiger partial charge in [0.1, 0.15) is 10.8 Å². The number of nitrogens with one attached hydrogen (secondary N) is 2. The maximum Gasteiger partial charge on any atom is 0.229 e. The molecule has 34 heavy (non-hydrogen) atoms. The van der Waals surface area contributed by atoms with E-state index in [0.29, 0.717) is 17.0 Å². The molecule has 0 spiro atoms. The summed E-state index contributed by atoms with van der Waals surface area (Å²) in [6.07, 6.45) is 1.34. The van der Waals surface area contributed by atoms with Crippen LogP contribution in [0.3, 0.4) is 0 Å². The molecule has 2 aromatic carbocycles. The molecular formula is C23H25ClFN5O3S. The van der Waals surface area contributed by atoms with E-state index < -0.39 is 26.3 Å². The Labute approximate surface area is 202 Å². The number of sulfone groups is 1. The molecule has 11 heteroatoms. The van der Waals surface area contributed by atoms with Crippen LogP contribution in [0.2, 0.25) is 5.02 Å². The van der Waals surface area contributed by atoms with Crippen LogP contribution in [0.15, 0.2) is 41.4 Å². The Kier molecular flexibility index (Phi) is 6.17. The Hall–Kier alpha value is -2.95. The fourth-order valence-corrected chi connectivity index (χ4v) is 5.21. The number of halogens is 2. The highest BCUT2D eigenvalue weighted by molar-refractivity contribution is 7.92. The molecule has 1 aliphatic heterocycles. The number of hydrogen-bond acceptors (Lipinski definition) is 8. The monoisotopic (exact) mass is 505 g/mol. The molecule has 1 aromatic heterocycles. The zero-order chi connectivity index (χ0) is 24.8. The van der Waals surface area contributed by atoms with E-state index in [1.54, 1.807) is 25.1 Å². The van der Waals surface area contributed by atoms with Gasteiger partial charge in [-0.2, -0.15) is 4.98 Å². The van der Waals surface area contributed by atoms with Gasteiger partial charge in [-0.3, -0.25) is 0 Å². The van der Waals surface area contributed by atoms with Gasteiger partial charge < -0.3 is 21.1 Å². The van der Waals surface area contributed by atoms with Crippen LogP contribution in [0.25, 0.3) is 0 Å². The van der Waals surface area contributed by atoms with Crippen molar-refractivity contribution in [3.05, 3.63) is 58.5 Å². The highest BCUT2D eigenvalue weighted by atomic mass is 35.5. The first kappa shape index (κ1) is 24.2. The molecule has 1 atom stereocenters. The number of fused-ring (bicyclic) bond motifs is 6. The topological polar surface area (TPSA) is 119 Å². The number of nitrogens with zero attached hydrogens (tertiary/aromatic N) is 2. The van der Waals surface area contributed by atoms with Crippen molar-refractivity contribution >= 4 is 44.6 Å². The normalized spacial score (nSPS) is 17.3. The van der Waals surface area contributed by atoms with E-state index in [9.17, 15) is 8.42 Å². The number of ether oxygens (including phenoxy) is 1. The quantitative estimate of drug-likeness (QED) is 0.473. The molecule has 0 amide bonds. The summed E-state index contributed by atoms with van der Waals surface area (Å²) in [5.74, 6) is -0.0349. The Bertz CT molecular complexity index is 1380. The summed E-state index contributed by atoms with van der Waals surface area (Å²) < 4.78 is 47.9. The third-order valence-electron chi connectivity index (χ3n) is 6.10. The predicted octanol–water partition coefficient (Wildman–Crippen LogP) is 4.53. The minimum Gasteiger partial charge on any atom is -0.495 e. The van der Waals surface area contributed by atoms with Gasteiger partial charge in [-0.1, -0.05) is 30.7 Å². The molecule has 0 radical (unpaired) electrons. The minimum absolute atomic E-state index is 0.0422. The highest BCUT2D eigenvalue weighted by Crippen LogP contribution is 2.42. The van der Waals surface area contributed by atoms with Gasteiger partial charge in [-0.25, -0.2) is 17.8 Å². The summed E-state index contributed by atoms with van der Waals surface area (Å²) >= 11 is 6.29. The van der Waals surface area contributed by atoms with Crippen LogP contribution in [0.4, 0.5) is 27.5 Å². The number of rotatable bonds is 4. The molecule has 8 nitrogen and oxygen atoms in total. The molecule has 2 heterocycles. The molecule has 1 aliphatic rings. The van der Waals surface area contributed by atoms with E-state index in [1.165, 1.54) is 39.3 Å². The second-order valence-electron chi connectivity index (χ2n) is 8.49. The fraction of sp³-hybridized carbons (Fsp3) is 0.304. The first-order chi connectivity index (χ1) is 16.0. The Balaban J connectivity index is 2.11. The summed E-state index contributed by atoms with van der Waals surface area (Å²) in [5.41, 5.74) is 6.41. The summed E-state index contributed by atoms with van der Waals surface area (Å²) in [4.78, 5) is 8.34. The lowest BCUT2D eigenvalue weighted by Crippen LogP contribution is -2.34. The predicted molar refractivity (Wildman–Crippen MR) is 131 cm³/mol. The fourth-order valence-electron chi connectivity index (χ4n) is 3.88. The molecule has 4 rings (SSSR count). The van der Waals surface area contributed by atoms with Gasteiger partial charge in [0.15, 0.2) is 21.5 Å². The lowest BCUT2D eigenvalue weighted by molar-refractivity contribution is 0.416. The van der Waals surface area contributed by atoms with Crippen LogP contribution in [0.1, 0.15) is 31.9 Å². The van der Waals surface area contributed by atoms with Crippen molar-refractivity contribution in [1.82, 2.24) is 9.97 Å². The maximum absolute atomic E-state index is 16.3. The van der Waals surface area contributed by atoms with E-state index in [1.807, 2.05) is 0 Å². The smallest absolute Gasteiger partial charge is 0.229 e. The van der Waals surface area contributed by atoms with Gasteiger partial charge in [0, 0.05) is 17.5 Å².